The van der Waals surface area contributed by atoms with E-state index in [1.165, 1.54) is 6.92 Å². The fourth-order valence-corrected chi connectivity index (χ4v) is 0. The summed E-state index contributed by atoms with van der Waals surface area (Å²) < 4.78 is 0. The SMILES string of the molecule is CC(O)C(=O)[O-].CCC(=O)[O-].[Mg+2]. The van der Waals surface area contributed by atoms with Gasteiger partial charge in [-0.15, -0.1) is 0 Å². The maximum absolute atomic E-state index is 9.34. The Balaban J connectivity index is -0.000000126. The summed E-state index contributed by atoms with van der Waals surface area (Å²) in [6.45, 7) is 2.67. The standard InChI is InChI=1S/C3H6O3.C3H6O2.Mg/c1-2(4)3(5)6;1-2-3(4)5;/h2,4H,1H3,(H,5,6);2H2,1H3,(H,4,5);/q;;+2/p-2. The molecular weight excluding hydrogens is 176 g/mol. The molecule has 1 unspecified atom stereocenters. The van der Waals surface area contributed by atoms with Crippen LogP contribution in [-0.2, 0) is 9.59 Å². The second kappa shape index (κ2) is 10.7. The molecule has 66 valence electrons. The quantitative estimate of drug-likeness (QED) is 0.460. The molecule has 0 saturated carbocycles. The van der Waals surface area contributed by atoms with Crippen LogP contribution in [0.4, 0.5) is 0 Å². The van der Waals surface area contributed by atoms with Gasteiger partial charge < -0.3 is 24.9 Å². The molecule has 0 aliphatic carbocycles. The Morgan fingerprint density at radius 2 is 1.58 bits per heavy atom. The van der Waals surface area contributed by atoms with Crippen molar-refractivity contribution in [2.24, 2.45) is 0 Å². The van der Waals surface area contributed by atoms with Crippen LogP contribution in [-0.4, -0.2) is 46.2 Å². The molecule has 0 aromatic carbocycles. The first-order valence-corrected chi connectivity index (χ1v) is 3.00. The Morgan fingerprint density at radius 1 is 1.42 bits per heavy atom. The number of carbonyl (C=O) groups is 2. The van der Waals surface area contributed by atoms with Crippen LogP contribution in [0.25, 0.3) is 0 Å². The van der Waals surface area contributed by atoms with Crippen LogP contribution < -0.4 is 10.2 Å². The van der Waals surface area contributed by atoms with Gasteiger partial charge in [0.1, 0.15) is 0 Å². The molecule has 0 radical (unpaired) electrons. The Bertz CT molecular complexity index is 134. The minimum absolute atomic E-state index is 0. The van der Waals surface area contributed by atoms with Gasteiger partial charge in [-0.2, -0.15) is 0 Å². The summed E-state index contributed by atoms with van der Waals surface area (Å²) in [5.41, 5.74) is 0. The van der Waals surface area contributed by atoms with Gasteiger partial charge in [0, 0.05) is 5.97 Å². The molecule has 5 nitrogen and oxygen atoms in total. The molecule has 0 bridgehead atoms. The summed E-state index contributed by atoms with van der Waals surface area (Å²) in [6.07, 6.45) is -1.23. The van der Waals surface area contributed by atoms with E-state index in [0.29, 0.717) is 0 Å². The molecule has 0 spiro atoms. The molecule has 0 rings (SSSR count). The molecular formula is C6H10MgO5. The minimum Gasteiger partial charge on any atom is -0.550 e. The third-order valence-electron chi connectivity index (χ3n) is 0.630. The van der Waals surface area contributed by atoms with Crippen molar-refractivity contribution < 1.29 is 24.9 Å². The number of rotatable bonds is 2. The minimum atomic E-state index is -1.44. The summed E-state index contributed by atoms with van der Waals surface area (Å²) >= 11 is 0. The van der Waals surface area contributed by atoms with Crippen LogP contribution >= 0.6 is 0 Å². The smallest absolute Gasteiger partial charge is 0.550 e. The summed E-state index contributed by atoms with van der Waals surface area (Å²) in [5, 5.41) is 26.6. The van der Waals surface area contributed by atoms with E-state index in [2.05, 4.69) is 0 Å². The van der Waals surface area contributed by atoms with E-state index in [1.54, 1.807) is 0 Å². The van der Waals surface area contributed by atoms with Crippen molar-refractivity contribution in [1.29, 1.82) is 0 Å². The molecule has 12 heavy (non-hydrogen) atoms. The Labute approximate surface area is 86.5 Å². The van der Waals surface area contributed by atoms with Crippen molar-refractivity contribution in [3.63, 3.8) is 0 Å². The number of hydrogen-bond donors (Lipinski definition) is 1. The second-order valence-electron chi connectivity index (χ2n) is 1.72. The molecule has 0 aliphatic heterocycles. The van der Waals surface area contributed by atoms with Gasteiger partial charge in [-0.05, 0) is 13.3 Å². The van der Waals surface area contributed by atoms with Crippen molar-refractivity contribution in [3.05, 3.63) is 0 Å². The Hall–Kier alpha value is -0.334. The largest absolute Gasteiger partial charge is 2.00 e. The summed E-state index contributed by atoms with van der Waals surface area (Å²) in [7, 11) is 0. The molecule has 0 aromatic rings. The first kappa shape index (κ1) is 17.7. The maximum atomic E-state index is 9.34. The summed E-state index contributed by atoms with van der Waals surface area (Å²) in [4.78, 5) is 18.6. The van der Waals surface area contributed by atoms with Gasteiger partial charge in [0.25, 0.3) is 0 Å². The molecule has 6 heteroatoms. The number of carboxylic acids is 2. The average molecular weight is 186 g/mol. The zero-order chi connectivity index (χ0) is 9.44. The molecule has 0 saturated heterocycles. The van der Waals surface area contributed by atoms with E-state index in [1.807, 2.05) is 0 Å². The summed E-state index contributed by atoms with van der Waals surface area (Å²) in [6, 6.07) is 0. The van der Waals surface area contributed by atoms with Crippen molar-refractivity contribution in [3.8, 4) is 0 Å². The van der Waals surface area contributed by atoms with E-state index in [4.69, 9.17) is 5.11 Å². The summed E-state index contributed by atoms with van der Waals surface area (Å²) in [5.74, 6) is -2.43. The molecule has 1 atom stereocenters. The van der Waals surface area contributed by atoms with Gasteiger partial charge in [-0.1, -0.05) is 6.92 Å². The van der Waals surface area contributed by atoms with Crippen molar-refractivity contribution in [2.45, 2.75) is 26.4 Å². The number of hydrogen-bond acceptors (Lipinski definition) is 5. The maximum Gasteiger partial charge on any atom is 2.00 e. The number of carbonyl (C=O) groups excluding carboxylic acids is 2. The van der Waals surface area contributed by atoms with Gasteiger partial charge in [0.2, 0.25) is 0 Å². The van der Waals surface area contributed by atoms with Crippen molar-refractivity contribution >= 4 is 35.0 Å². The van der Waals surface area contributed by atoms with Gasteiger partial charge in [-0.3, -0.25) is 0 Å². The van der Waals surface area contributed by atoms with E-state index >= 15 is 0 Å². The molecule has 0 fully saturated rings. The van der Waals surface area contributed by atoms with Crippen LogP contribution in [0.3, 0.4) is 0 Å². The third kappa shape index (κ3) is 22.6. The molecule has 1 N–H and O–H groups in total. The van der Waals surface area contributed by atoms with Crippen LogP contribution in [0, 0.1) is 0 Å². The molecule has 0 aromatic heterocycles. The van der Waals surface area contributed by atoms with E-state index in [9.17, 15) is 19.8 Å². The number of aliphatic hydroxyl groups excluding tert-OH is 1. The first-order chi connectivity index (χ1) is 4.91. The van der Waals surface area contributed by atoms with Gasteiger partial charge in [0.05, 0.1) is 12.1 Å². The van der Waals surface area contributed by atoms with Crippen LogP contribution in [0.5, 0.6) is 0 Å². The predicted molar refractivity (Wildman–Crippen MR) is 37.7 cm³/mol. The van der Waals surface area contributed by atoms with Gasteiger partial charge in [0.15, 0.2) is 0 Å². The zero-order valence-corrected chi connectivity index (χ0v) is 8.49. The zero-order valence-electron chi connectivity index (χ0n) is 7.07. The Morgan fingerprint density at radius 3 is 1.58 bits per heavy atom. The van der Waals surface area contributed by atoms with E-state index in [-0.39, 0.29) is 29.5 Å². The van der Waals surface area contributed by atoms with Gasteiger partial charge >= 0.3 is 23.1 Å². The first-order valence-electron chi connectivity index (χ1n) is 3.00. The molecule has 0 heterocycles. The normalized spacial score (nSPS) is 9.92. The fraction of sp³-hybridized carbons (Fsp3) is 0.667. The van der Waals surface area contributed by atoms with E-state index < -0.39 is 18.0 Å². The predicted octanol–water partition coefficient (Wildman–Crippen LogP) is -3.12. The third-order valence-corrected chi connectivity index (χ3v) is 0.630. The monoisotopic (exact) mass is 186 g/mol. The Kier molecular flexibility index (Phi) is 15.7. The van der Waals surface area contributed by atoms with E-state index in [0.717, 1.165) is 6.92 Å². The number of aliphatic hydroxyl groups is 1. The van der Waals surface area contributed by atoms with Crippen LogP contribution in [0.15, 0.2) is 0 Å². The molecule has 0 aliphatic rings. The fourth-order valence-electron chi connectivity index (χ4n) is 0. The van der Waals surface area contributed by atoms with Crippen molar-refractivity contribution in [2.75, 3.05) is 0 Å². The topological polar surface area (TPSA) is 100 Å². The van der Waals surface area contributed by atoms with Crippen molar-refractivity contribution in [1.82, 2.24) is 0 Å². The van der Waals surface area contributed by atoms with Crippen LogP contribution in [0.2, 0.25) is 0 Å². The molecule has 0 amide bonds. The van der Waals surface area contributed by atoms with Gasteiger partial charge in [-0.25, -0.2) is 0 Å². The number of carboxylic acid groups (broad SMARTS) is 2. The average Bonchev–Trinajstić information content (AvgIpc) is 1.89. The van der Waals surface area contributed by atoms with Crippen LogP contribution in [0.1, 0.15) is 20.3 Å². The second-order valence-corrected chi connectivity index (χ2v) is 1.72. The number of aliphatic carboxylic acids is 2.